The van der Waals surface area contributed by atoms with Crippen LogP contribution in [0.3, 0.4) is 0 Å². The summed E-state index contributed by atoms with van der Waals surface area (Å²) in [5.41, 5.74) is 14.5. The van der Waals surface area contributed by atoms with Gasteiger partial charge in [-0.1, -0.05) is 66.0 Å². The quantitative estimate of drug-likeness (QED) is 0.185. The summed E-state index contributed by atoms with van der Waals surface area (Å²) in [5, 5.41) is 0. The number of fused-ring (bicyclic) bond motifs is 5. The van der Waals surface area contributed by atoms with Crippen LogP contribution in [0.15, 0.2) is 11.6 Å². The van der Waals surface area contributed by atoms with Crippen molar-refractivity contribution < 1.29 is 9.53 Å². The number of carbonyl (C=O) groups is 1. The molecule has 0 heterocycles. The van der Waals surface area contributed by atoms with E-state index >= 15 is 0 Å². The molecule has 6 aliphatic rings. The molecule has 49 heavy (non-hydrogen) atoms. The number of nitrogens with zero attached hydrogens (tertiary/aromatic N) is 1. The third-order valence-corrected chi connectivity index (χ3v) is 16.0. The van der Waals surface area contributed by atoms with Gasteiger partial charge in [0.15, 0.2) is 0 Å². The Morgan fingerprint density at radius 3 is 2.10 bits per heavy atom. The van der Waals surface area contributed by atoms with Crippen molar-refractivity contribution in [1.29, 1.82) is 0 Å². The molecule has 1 amide bonds. The average Bonchev–Trinajstić information content (AvgIpc) is 3.36. The van der Waals surface area contributed by atoms with Gasteiger partial charge in [0.1, 0.15) is 6.10 Å². The van der Waals surface area contributed by atoms with Gasteiger partial charge in [-0.25, -0.2) is 4.79 Å². The number of halogens is 2. The molecule has 0 bridgehead atoms. The predicted octanol–water partition coefficient (Wildman–Crippen LogP) is 10.6. The average molecular weight is 725 g/mol. The van der Waals surface area contributed by atoms with Crippen molar-refractivity contribution in [2.45, 2.75) is 169 Å². The molecule has 6 aliphatic carbocycles. The van der Waals surface area contributed by atoms with Gasteiger partial charge in [0.2, 0.25) is 0 Å². The van der Waals surface area contributed by atoms with Crippen molar-refractivity contribution in [3.8, 4) is 0 Å². The van der Waals surface area contributed by atoms with Crippen LogP contribution in [0.1, 0.15) is 151 Å². The van der Waals surface area contributed by atoms with E-state index in [0.717, 1.165) is 106 Å². The minimum atomic E-state index is -0.0710. The van der Waals surface area contributed by atoms with Crippen molar-refractivity contribution in [1.82, 2.24) is 4.90 Å². The standard InChI is InChI=1S/C42H73N3O2.2ClH/c1-7-31(27(2)3)9-8-28(4)37-12-13-38-36-11-10-32-26-35(14-18-41(32,5)39(36)15-19-42(37,38)6)47-40(46)45(20-16-29-22-33(43)23-29)21-17-30-24-34(44)25-30;;/h10,27-31,33-39H,7-9,11-26,43-44H2,1-6H3;2*1H/t28-,29?,30?,31-,33?,34?,35?,36?,37?,38?,39?,41?,42?;;/m1../s1. The monoisotopic (exact) mass is 724 g/mol. The number of hydrogen-bond acceptors (Lipinski definition) is 4. The van der Waals surface area contributed by atoms with Crippen LogP contribution in [0, 0.1) is 64.1 Å². The number of carbonyl (C=O) groups excluding carboxylic acids is 1. The highest BCUT2D eigenvalue weighted by molar-refractivity contribution is 5.85. The van der Waals surface area contributed by atoms with Crippen molar-refractivity contribution in [2.75, 3.05) is 13.1 Å². The highest BCUT2D eigenvalue weighted by Gasteiger charge is 2.59. The fourth-order valence-electron chi connectivity index (χ4n) is 12.6. The first-order valence-corrected chi connectivity index (χ1v) is 20.6. The van der Waals surface area contributed by atoms with Gasteiger partial charge >= 0.3 is 6.09 Å². The molecule has 6 rings (SSSR count). The second-order valence-corrected chi connectivity index (χ2v) is 19.0. The summed E-state index contributed by atoms with van der Waals surface area (Å²) < 4.78 is 6.38. The molecular weight excluding hydrogens is 649 g/mol. The van der Waals surface area contributed by atoms with Gasteiger partial charge in [0, 0.05) is 31.6 Å². The van der Waals surface area contributed by atoms with E-state index in [0.29, 0.717) is 29.3 Å². The first kappa shape index (κ1) is 41.3. The van der Waals surface area contributed by atoms with Crippen LogP contribution in [0.5, 0.6) is 0 Å². The third-order valence-electron chi connectivity index (χ3n) is 16.0. The van der Waals surface area contributed by atoms with Crippen molar-refractivity contribution in [3.05, 3.63) is 11.6 Å². The van der Waals surface area contributed by atoms with Crippen LogP contribution in [-0.2, 0) is 4.74 Å². The van der Waals surface area contributed by atoms with E-state index in [1.807, 2.05) is 4.90 Å². The van der Waals surface area contributed by atoms with Crippen molar-refractivity contribution >= 4 is 30.9 Å². The highest BCUT2D eigenvalue weighted by atomic mass is 35.5. The summed E-state index contributed by atoms with van der Waals surface area (Å²) in [6.07, 6.45) is 23.4. The van der Waals surface area contributed by atoms with Gasteiger partial charge in [-0.05, 0) is 154 Å². The fourth-order valence-corrected chi connectivity index (χ4v) is 12.6. The second-order valence-electron chi connectivity index (χ2n) is 19.0. The minimum absolute atomic E-state index is 0. The summed E-state index contributed by atoms with van der Waals surface area (Å²) in [6.45, 7) is 16.8. The van der Waals surface area contributed by atoms with Crippen LogP contribution in [-0.4, -0.2) is 42.3 Å². The molecule has 7 unspecified atom stereocenters. The van der Waals surface area contributed by atoms with Crippen LogP contribution in [0.25, 0.3) is 0 Å². The fraction of sp³-hybridized carbons (Fsp3) is 0.929. The van der Waals surface area contributed by atoms with E-state index in [1.165, 1.54) is 57.8 Å². The highest BCUT2D eigenvalue weighted by Crippen LogP contribution is 2.67. The first-order valence-electron chi connectivity index (χ1n) is 20.6. The summed E-state index contributed by atoms with van der Waals surface area (Å²) in [7, 11) is 0. The van der Waals surface area contributed by atoms with E-state index in [9.17, 15) is 4.79 Å². The minimum Gasteiger partial charge on any atom is -0.446 e. The summed E-state index contributed by atoms with van der Waals surface area (Å²) >= 11 is 0. The molecular formula is C42H75Cl2N3O2. The summed E-state index contributed by atoms with van der Waals surface area (Å²) in [6, 6.07) is 0.725. The zero-order chi connectivity index (χ0) is 33.5. The maximum absolute atomic E-state index is 13.7. The maximum Gasteiger partial charge on any atom is 0.410 e. The molecule has 0 spiro atoms. The topological polar surface area (TPSA) is 81.6 Å². The molecule has 0 radical (unpaired) electrons. The molecule has 0 aromatic carbocycles. The Kier molecular flexibility index (Phi) is 14.4. The van der Waals surface area contributed by atoms with E-state index in [1.54, 1.807) is 5.57 Å². The van der Waals surface area contributed by atoms with Gasteiger partial charge in [-0.3, -0.25) is 0 Å². The Morgan fingerprint density at radius 1 is 0.898 bits per heavy atom. The van der Waals surface area contributed by atoms with Crippen LogP contribution < -0.4 is 11.5 Å². The number of allylic oxidation sites excluding steroid dienone is 1. The van der Waals surface area contributed by atoms with E-state index < -0.39 is 0 Å². The molecule has 0 aliphatic heterocycles. The SMILES string of the molecule is CC[C@H](CC[C@@H](C)C1CCC2C3CC=C4CC(OC(=O)N(CCC5CC(N)C5)CCC5CC(N)C5)CCC4(C)C3CCC21C)C(C)C.Cl.Cl. The van der Waals surface area contributed by atoms with Crippen molar-refractivity contribution in [2.24, 2.45) is 75.6 Å². The van der Waals surface area contributed by atoms with Gasteiger partial charge in [-0.2, -0.15) is 0 Å². The van der Waals surface area contributed by atoms with Crippen molar-refractivity contribution in [3.63, 3.8) is 0 Å². The predicted molar refractivity (Wildman–Crippen MR) is 209 cm³/mol. The Morgan fingerprint density at radius 2 is 1.53 bits per heavy atom. The number of ether oxygens (including phenoxy) is 1. The summed E-state index contributed by atoms with van der Waals surface area (Å²) in [5.74, 6) is 7.31. The number of hydrogen-bond donors (Lipinski definition) is 2. The first-order chi connectivity index (χ1) is 22.4. The smallest absolute Gasteiger partial charge is 0.410 e. The zero-order valence-corrected chi connectivity index (χ0v) is 33.8. The lowest BCUT2D eigenvalue weighted by Gasteiger charge is -2.58. The van der Waals surface area contributed by atoms with E-state index in [4.69, 9.17) is 16.2 Å². The lowest BCUT2D eigenvalue weighted by atomic mass is 9.47. The van der Waals surface area contributed by atoms with E-state index in [2.05, 4.69) is 47.6 Å². The molecule has 284 valence electrons. The molecule has 5 saturated carbocycles. The van der Waals surface area contributed by atoms with Crippen LogP contribution in [0.4, 0.5) is 4.79 Å². The molecule has 7 heteroatoms. The van der Waals surface area contributed by atoms with Crippen LogP contribution in [0.2, 0.25) is 0 Å². The number of nitrogens with two attached hydrogens (primary N) is 2. The Hall–Kier alpha value is -0.490. The third kappa shape index (κ3) is 8.67. The molecule has 4 N–H and O–H groups in total. The second kappa shape index (κ2) is 17.1. The zero-order valence-electron chi connectivity index (χ0n) is 32.2. The normalized spacial score (nSPS) is 40.5. The van der Waals surface area contributed by atoms with E-state index in [-0.39, 0.29) is 42.4 Å². The number of rotatable bonds is 13. The van der Waals surface area contributed by atoms with Gasteiger partial charge in [0.05, 0.1) is 0 Å². The largest absolute Gasteiger partial charge is 0.446 e. The molecule has 0 saturated heterocycles. The molecule has 5 nitrogen and oxygen atoms in total. The Balaban J connectivity index is 0.00000270. The molecule has 0 aromatic heterocycles. The lowest BCUT2D eigenvalue weighted by molar-refractivity contribution is -0.0596. The Labute approximate surface area is 313 Å². The van der Waals surface area contributed by atoms with Gasteiger partial charge in [-0.15, -0.1) is 24.8 Å². The van der Waals surface area contributed by atoms with Gasteiger partial charge < -0.3 is 21.1 Å². The maximum atomic E-state index is 13.7. The summed E-state index contributed by atoms with van der Waals surface area (Å²) in [4.78, 5) is 15.7. The van der Waals surface area contributed by atoms with Gasteiger partial charge in [0.25, 0.3) is 0 Å². The lowest BCUT2D eigenvalue weighted by Crippen LogP contribution is -2.51. The molecule has 5 fully saturated rings. The number of amides is 1. The van der Waals surface area contributed by atoms with Crippen LogP contribution >= 0.6 is 24.8 Å². The molecule has 9 atom stereocenters. The molecule has 0 aromatic rings. The Bertz CT molecular complexity index is 1080.